The Kier molecular flexibility index (Phi) is 7.27. The number of ether oxygens (including phenoxy) is 1. The number of carbonyl (C=O) groups excluding carboxylic acids is 1. The molecule has 1 atom stereocenters. The highest BCUT2D eigenvalue weighted by atomic mass is 31.2. The Balaban J connectivity index is 2.22. The first-order valence-corrected chi connectivity index (χ1v) is 9.59. The lowest BCUT2D eigenvalue weighted by Crippen LogP contribution is -2.21. The summed E-state index contributed by atoms with van der Waals surface area (Å²) in [6.45, 7) is 0. The largest absolute Gasteiger partial charge is 0.454 e. The van der Waals surface area contributed by atoms with Gasteiger partial charge in [0.05, 0.1) is 11.7 Å². The summed E-state index contributed by atoms with van der Waals surface area (Å²) in [5.41, 5.74) is 0.666. The first-order valence-electron chi connectivity index (χ1n) is 7.87. The monoisotopic (exact) mass is 378 g/mol. The number of esters is 1. The Labute approximate surface area is 151 Å². The molecule has 2 aromatic rings. The highest BCUT2D eigenvalue weighted by Crippen LogP contribution is 2.47. The third-order valence-electron chi connectivity index (χ3n) is 3.61. The van der Waals surface area contributed by atoms with Crippen LogP contribution in [0.1, 0.15) is 15.9 Å². The zero-order valence-corrected chi connectivity index (χ0v) is 15.4. The lowest BCUT2D eigenvalue weighted by molar-refractivity contribution is 0.0417. The molecule has 0 bridgehead atoms. The van der Waals surface area contributed by atoms with Gasteiger partial charge in [-0.15, -0.1) is 0 Å². The lowest BCUT2D eigenvalue weighted by Gasteiger charge is -2.19. The SMILES string of the molecule is COP(=O)(C[C@H](/C=C/c1ccccc1)OC(=O)c1ccccc1F)OC. The van der Waals surface area contributed by atoms with E-state index in [1.165, 1.54) is 38.5 Å². The van der Waals surface area contributed by atoms with Gasteiger partial charge in [0.1, 0.15) is 11.9 Å². The van der Waals surface area contributed by atoms with E-state index in [0.717, 1.165) is 5.56 Å². The van der Waals surface area contributed by atoms with E-state index in [1.807, 2.05) is 30.3 Å². The van der Waals surface area contributed by atoms with E-state index in [2.05, 4.69) is 0 Å². The van der Waals surface area contributed by atoms with Gasteiger partial charge in [0.25, 0.3) is 0 Å². The molecule has 0 spiro atoms. The van der Waals surface area contributed by atoms with Crippen LogP contribution in [0.3, 0.4) is 0 Å². The zero-order valence-electron chi connectivity index (χ0n) is 14.5. The van der Waals surface area contributed by atoms with Gasteiger partial charge in [-0.25, -0.2) is 9.18 Å². The van der Waals surface area contributed by atoms with Gasteiger partial charge in [-0.1, -0.05) is 48.5 Å². The summed E-state index contributed by atoms with van der Waals surface area (Å²) in [7, 11) is -0.939. The van der Waals surface area contributed by atoms with E-state index >= 15 is 0 Å². The summed E-state index contributed by atoms with van der Waals surface area (Å²) >= 11 is 0. The fraction of sp³-hybridized carbons (Fsp3) is 0.211. The maximum Gasteiger partial charge on any atom is 0.341 e. The van der Waals surface area contributed by atoms with Gasteiger partial charge in [-0.3, -0.25) is 4.57 Å². The molecule has 5 nitrogen and oxygen atoms in total. The van der Waals surface area contributed by atoms with Crippen LogP contribution in [0.5, 0.6) is 0 Å². The van der Waals surface area contributed by atoms with Crippen LogP contribution >= 0.6 is 7.60 Å². The van der Waals surface area contributed by atoms with E-state index in [1.54, 1.807) is 12.2 Å². The van der Waals surface area contributed by atoms with E-state index < -0.39 is 25.5 Å². The second-order valence-corrected chi connectivity index (χ2v) is 7.67. The predicted molar refractivity (Wildman–Crippen MR) is 97.6 cm³/mol. The van der Waals surface area contributed by atoms with E-state index in [0.29, 0.717) is 0 Å². The van der Waals surface area contributed by atoms with Gasteiger partial charge in [-0.2, -0.15) is 0 Å². The summed E-state index contributed by atoms with van der Waals surface area (Å²) < 4.78 is 41.4. The van der Waals surface area contributed by atoms with Crippen LogP contribution in [0.15, 0.2) is 60.7 Å². The molecular weight excluding hydrogens is 358 g/mol. The Hall–Kier alpha value is -2.27. The molecule has 0 heterocycles. The van der Waals surface area contributed by atoms with Crippen molar-refractivity contribution in [1.29, 1.82) is 0 Å². The standard InChI is InChI=1S/C19H20FO5P/c1-23-26(22,24-2)14-16(13-12-15-8-4-3-5-9-15)25-19(21)17-10-6-7-11-18(17)20/h3-13,16H,14H2,1-2H3/b13-12+/t16-/m0/s1. The van der Waals surface area contributed by atoms with Crippen molar-refractivity contribution in [2.24, 2.45) is 0 Å². The summed E-state index contributed by atoms with van der Waals surface area (Å²) in [4.78, 5) is 12.3. The molecule has 0 unspecified atom stereocenters. The van der Waals surface area contributed by atoms with E-state index in [9.17, 15) is 13.8 Å². The second-order valence-electron chi connectivity index (χ2n) is 5.35. The summed E-state index contributed by atoms with van der Waals surface area (Å²) in [6, 6.07) is 14.8. The van der Waals surface area contributed by atoms with Crippen molar-refractivity contribution in [2.45, 2.75) is 6.10 Å². The molecule has 2 rings (SSSR count). The molecule has 2 aromatic carbocycles. The Morgan fingerprint density at radius 2 is 1.69 bits per heavy atom. The third-order valence-corrected chi connectivity index (χ3v) is 5.53. The molecule has 0 amide bonds. The fourth-order valence-corrected chi connectivity index (χ4v) is 3.28. The number of hydrogen-bond donors (Lipinski definition) is 0. The van der Waals surface area contributed by atoms with Crippen molar-refractivity contribution in [1.82, 2.24) is 0 Å². The van der Waals surface area contributed by atoms with Crippen molar-refractivity contribution >= 4 is 19.6 Å². The maximum atomic E-state index is 13.8. The summed E-state index contributed by atoms with van der Waals surface area (Å²) in [5, 5.41) is 0. The molecular formula is C19H20FO5P. The van der Waals surface area contributed by atoms with Crippen molar-refractivity contribution in [3.8, 4) is 0 Å². The van der Waals surface area contributed by atoms with Crippen molar-refractivity contribution < 1.29 is 27.5 Å². The van der Waals surface area contributed by atoms with Crippen molar-refractivity contribution in [3.05, 3.63) is 77.6 Å². The van der Waals surface area contributed by atoms with Crippen LogP contribution in [-0.4, -0.2) is 32.5 Å². The Bertz CT molecular complexity index is 799. The number of rotatable bonds is 8. The minimum absolute atomic E-state index is 0.191. The van der Waals surface area contributed by atoms with Crippen LogP contribution in [-0.2, 0) is 18.3 Å². The minimum Gasteiger partial charge on any atom is -0.454 e. The summed E-state index contributed by atoms with van der Waals surface area (Å²) in [6.07, 6.45) is 2.17. The van der Waals surface area contributed by atoms with Crippen LogP contribution in [0.25, 0.3) is 6.08 Å². The molecule has 0 aliphatic rings. The molecule has 0 radical (unpaired) electrons. The average molecular weight is 378 g/mol. The third kappa shape index (κ3) is 5.63. The van der Waals surface area contributed by atoms with Crippen molar-refractivity contribution in [2.75, 3.05) is 20.4 Å². The highest BCUT2D eigenvalue weighted by molar-refractivity contribution is 7.53. The fourth-order valence-electron chi connectivity index (χ4n) is 2.19. The Morgan fingerprint density at radius 3 is 2.31 bits per heavy atom. The molecule has 0 aromatic heterocycles. The number of halogens is 1. The molecule has 138 valence electrons. The van der Waals surface area contributed by atoms with Gasteiger partial charge in [0.2, 0.25) is 0 Å². The van der Waals surface area contributed by atoms with Crippen LogP contribution in [0, 0.1) is 5.82 Å². The van der Waals surface area contributed by atoms with Gasteiger partial charge < -0.3 is 13.8 Å². The minimum atomic E-state index is -3.44. The van der Waals surface area contributed by atoms with E-state index in [4.69, 9.17) is 13.8 Å². The predicted octanol–water partition coefficient (Wildman–Crippen LogP) is 4.55. The molecule has 26 heavy (non-hydrogen) atoms. The van der Waals surface area contributed by atoms with Gasteiger partial charge in [-0.05, 0) is 23.8 Å². The average Bonchev–Trinajstić information content (AvgIpc) is 2.67. The quantitative estimate of drug-likeness (QED) is 0.498. The van der Waals surface area contributed by atoms with Crippen molar-refractivity contribution in [3.63, 3.8) is 0 Å². The van der Waals surface area contributed by atoms with Crippen LogP contribution in [0.4, 0.5) is 4.39 Å². The first-order chi connectivity index (χ1) is 12.5. The molecule has 7 heteroatoms. The normalized spacial score (nSPS) is 12.9. The molecule has 0 aliphatic heterocycles. The van der Waals surface area contributed by atoms with Crippen LogP contribution < -0.4 is 0 Å². The number of hydrogen-bond acceptors (Lipinski definition) is 5. The molecule has 0 saturated heterocycles. The van der Waals surface area contributed by atoms with Gasteiger partial charge in [0, 0.05) is 14.2 Å². The smallest absolute Gasteiger partial charge is 0.341 e. The Morgan fingerprint density at radius 1 is 1.08 bits per heavy atom. The van der Waals surface area contributed by atoms with Gasteiger partial charge >= 0.3 is 13.6 Å². The molecule has 0 aliphatic carbocycles. The molecule has 0 fully saturated rings. The zero-order chi connectivity index (χ0) is 19.0. The number of benzene rings is 2. The molecule has 0 saturated carbocycles. The topological polar surface area (TPSA) is 61.8 Å². The van der Waals surface area contributed by atoms with E-state index in [-0.39, 0.29) is 11.7 Å². The van der Waals surface area contributed by atoms with Crippen LogP contribution in [0.2, 0.25) is 0 Å². The number of carbonyl (C=O) groups is 1. The van der Waals surface area contributed by atoms with Gasteiger partial charge in [0.15, 0.2) is 0 Å². The maximum absolute atomic E-state index is 13.8. The second kappa shape index (κ2) is 9.43. The molecule has 0 N–H and O–H groups in total. The highest BCUT2D eigenvalue weighted by Gasteiger charge is 2.28. The summed E-state index contributed by atoms with van der Waals surface area (Å²) in [5.74, 6) is -1.55. The first kappa shape index (κ1) is 20.0. The lowest BCUT2D eigenvalue weighted by atomic mass is 10.2.